The summed E-state index contributed by atoms with van der Waals surface area (Å²) in [6.45, 7) is 1.88. The lowest BCUT2D eigenvalue weighted by Gasteiger charge is -2.10. The highest BCUT2D eigenvalue weighted by molar-refractivity contribution is 6.41. The van der Waals surface area contributed by atoms with E-state index in [0.717, 1.165) is 17.7 Å². The van der Waals surface area contributed by atoms with Gasteiger partial charge in [0.15, 0.2) is 6.61 Å². The van der Waals surface area contributed by atoms with Crippen LogP contribution in [0.15, 0.2) is 77.9 Å². The van der Waals surface area contributed by atoms with Crippen molar-refractivity contribution in [1.82, 2.24) is 5.43 Å². The number of hydrazone groups is 1. The molecule has 174 valence electrons. The molecule has 0 aliphatic heterocycles. The number of amides is 3. The van der Waals surface area contributed by atoms with Gasteiger partial charge in [-0.1, -0.05) is 48.9 Å². The third-order valence-corrected chi connectivity index (χ3v) is 4.96. The molecular weight excluding hydrogens is 456 g/mol. The van der Waals surface area contributed by atoms with Crippen molar-refractivity contribution in [3.63, 3.8) is 0 Å². The van der Waals surface area contributed by atoms with Gasteiger partial charge in [-0.15, -0.1) is 0 Å². The molecule has 0 saturated carbocycles. The van der Waals surface area contributed by atoms with E-state index in [1.807, 2.05) is 31.2 Å². The SMILES string of the molecule is CCc1ccccc1NC(=O)COc1ccc(/C=N\NC(=O)C(=O)Nc2ccccc2Cl)cc1. The second kappa shape index (κ2) is 12.2. The lowest BCUT2D eigenvalue weighted by Crippen LogP contribution is -2.32. The number of nitrogens with zero attached hydrogens (tertiary/aromatic N) is 1. The van der Waals surface area contributed by atoms with Gasteiger partial charge in [-0.3, -0.25) is 14.4 Å². The number of halogens is 1. The number of rotatable bonds is 8. The summed E-state index contributed by atoms with van der Waals surface area (Å²) in [7, 11) is 0. The Morgan fingerprint density at radius 2 is 1.56 bits per heavy atom. The molecule has 0 heterocycles. The van der Waals surface area contributed by atoms with Crippen molar-refractivity contribution < 1.29 is 19.1 Å². The first-order valence-corrected chi connectivity index (χ1v) is 10.8. The Morgan fingerprint density at radius 1 is 0.882 bits per heavy atom. The number of para-hydroxylation sites is 2. The van der Waals surface area contributed by atoms with Crippen molar-refractivity contribution in [3.8, 4) is 5.75 Å². The maximum atomic E-state index is 12.2. The van der Waals surface area contributed by atoms with Crippen LogP contribution in [-0.4, -0.2) is 30.5 Å². The summed E-state index contributed by atoms with van der Waals surface area (Å²) < 4.78 is 5.52. The van der Waals surface area contributed by atoms with Gasteiger partial charge < -0.3 is 15.4 Å². The summed E-state index contributed by atoms with van der Waals surface area (Å²) in [5.41, 5.74) is 4.95. The van der Waals surface area contributed by atoms with Gasteiger partial charge in [-0.2, -0.15) is 5.10 Å². The van der Waals surface area contributed by atoms with Crippen molar-refractivity contribution in [2.75, 3.05) is 17.2 Å². The zero-order valence-corrected chi connectivity index (χ0v) is 19.1. The lowest BCUT2D eigenvalue weighted by atomic mass is 10.1. The molecule has 8 nitrogen and oxygen atoms in total. The Bertz CT molecular complexity index is 1200. The third-order valence-electron chi connectivity index (χ3n) is 4.63. The van der Waals surface area contributed by atoms with Crippen molar-refractivity contribution in [2.45, 2.75) is 13.3 Å². The molecule has 3 rings (SSSR count). The van der Waals surface area contributed by atoms with Gasteiger partial charge in [-0.25, -0.2) is 5.43 Å². The normalized spacial score (nSPS) is 10.5. The van der Waals surface area contributed by atoms with Crippen LogP contribution in [0, 0.1) is 0 Å². The Balaban J connectivity index is 1.45. The van der Waals surface area contributed by atoms with Crippen molar-refractivity contribution in [1.29, 1.82) is 0 Å². The number of anilines is 2. The quantitative estimate of drug-likeness (QED) is 0.258. The number of carbonyl (C=O) groups is 3. The van der Waals surface area contributed by atoms with E-state index in [1.165, 1.54) is 6.21 Å². The van der Waals surface area contributed by atoms with Crippen LogP contribution in [0.3, 0.4) is 0 Å². The van der Waals surface area contributed by atoms with Crippen LogP contribution in [0.5, 0.6) is 5.75 Å². The number of hydrogen-bond acceptors (Lipinski definition) is 5. The molecular formula is C25H23ClN4O4. The Morgan fingerprint density at radius 3 is 2.26 bits per heavy atom. The first-order chi connectivity index (χ1) is 16.5. The minimum Gasteiger partial charge on any atom is -0.484 e. The second-order valence-electron chi connectivity index (χ2n) is 7.05. The minimum absolute atomic E-state index is 0.137. The van der Waals surface area contributed by atoms with Crippen LogP contribution in [0.2, 0.25) is 5.02 Å². The van der Waals surface area contributed by atoms with Crippen LogP contribution in [0.4, 0.5) is 11.4 Å². The molecule has 0 aromatic heterocycles. The average molecular weight is 479 g/mol. The maximum absolute atomic E-state index is 12.2. The fourth-order valence-electron chi connectivity index (χ4n) is 2.89. The van der Waals surface area contributed by atoms with E-state index in [-0.39, 0.29) is 12.5 Å². The summed E-state index contributed by atoms with van der Waals surface area (Å²) >= 11 is 5.95. The van der Waals surface area contributed by atoms with E-state index in [1.54, 1.807) is 48.5 Å². The van der Waals surface area contributed by atoms with E-state index in [9.17, 15) is 14.4 Å². The first kappa shape index (κ1) is 24.5. The van der Waals surface area contributed by atoms with Crippen LogP contribution in [-0.2, 0) is 20.8 Å². The summed E-state index contributed by atoms with van der Waals surface area (Å²) in [6.07, 6.45) is 2.19. The molecule has 3 aromatic carbocycles. The zero-order valence-electron chi connectivity index (χ0n) is 18.4. The molecule has 0 spiro atoms. The van der Waals surface area contributed by atoms with Gasteiger partial charge in [0.05, 0.1) is 16.9 Å². The van der Waals surface area contributed by atoms with Crippen molar-refractivity contribution in [2.24, 2.45) is 5.10 Å². The molecule has 3 aromatic rings. The Kier molecular flexibility index (Phi) is 8.76. The molecule has 0 bridgehead atoms. The first-order valence-electron chi connectivity index (χ1n) is 10.5. The number of ether oxygens (including phenoxy) is 1. The highest BCUT2D eigenvalue weighted by atomic mass is 35.5. The zero-order chi connectivity index (χ0) is 24.3. The Hall–Kier alpha value is -4.17. The van der Waals surface area contributed by atoms with E-state index in [4.69, 9.17) is 16.3 Å². The third kappa shape index (κ3) is 7.18. The smallest absolute Gasteiger partial charge is 0.329 e. The topological polar surface area (TPSA) is 109 Å². The molecule has 3 N–H and O–H groups in total. The predicted molar refractivity (Wildman–Crippen MR) is 132 cm³/mol. The highest BCUT2D eigenvalue weighted by Gasteiger charge is 2.14. The molecule has 34 heavy (non-hydrogen) atoms. The Labute approximate surface area is 202 Å². The molecule has 0 aliphatic rings. The summed E-state index contributed by atoms with van der Waals surface area (Å²) in [5, 5.41) is 9.34. The molecule has 0 fully saturated rings. The summed E-state index contributed by atoms with van der Waals surface area (Å²) in [6, 6.07) is 20.9. The largest absolute Gasteiger partial charge is 0.484 e. The fraction of sp³-hybridized carbons (Fsp3) is 0.120. The predicted octanol–water partition coefficient (Wildman–Crippen LogP) is 4.01. The standard InChI is InChI=1S/C25H23ClN4O4/c1-2-18-7-3-5-9-21(18)28-23(31)16-34-19-13-11-17(12-14-19)15-27-30-25(33)24(32)29-22-10-6-4-8-20(22)26/h3-15H,2,16H2,1H3,(H,28,31)(H,29,32)(H,30,33)/b27-15-. The monoisotopic (exact) mass is 478 g/mol. The van der Waals surface area contributed by atoms with E-state index in [2.05, 4.69) is 21.2 Å². The maximum Gasteiger partial charge on any atom is 0.329 e. The van der Waals surface area contributed by atoms with E-state index in [0.29, 0.717) is 22.0 Å². The van der Waals surface area contributed by atoms with Gasteiger partial charge in [0.25, 0.3) is 5.91 Å². The summed E-state index contributed by atoms with van der Waals surface area (Å²) in [5.74, 6) is -1.59. The molecule has 3 amide bonds. The fourth-order valence-corrected chi connectivity index (χ4v) is 3.08. The summed E-state index contributed by atoms with van der Waals surface area (Å²) in [4.78, 5) is 36.0. The molecule has 0 saturated heterocycles. The minimum atomic E-state index is -0.938. The molecule has 0 unspecified atom stereocenters. The number of nitrogens with one attached hydrogen (secondary N) is 3. The van der Waals surface area contributed by atoms with Crippen LogP contribution < -0.4 is 20.8 Å². The highest BCUT2D eigenvalue weighted by Crippen LogP contribution is 2.20. The van der Waals surface area contributed by atoms with Crippen LogP contribution >= 0.6 is 11.6 Å². The lowest BCUT2D eigenvalue weighted by molar-refractivity contribution is -0.136. The van der Waals surface area contributed by atoms with Crippen LogP contribution in [0.1, 0.15) is 18.1 Å². The molecule has 9 heteroatoms. The number of aryl methyl sites for hydroxylation is 1. The number of carbonyl (C=O) groups excluding carboxylic acids is 3. The number of hydrogen-bond donors (Lipinski definition) is 3. The van der Waals surface area contributed by atoms with Crippen molar-refractivity contribution >= 4 is 46.9 Å². The van der Waals surface area contributed by atoms with Gasteiger partial charge in [0, 0.05) is 5.69 Å². The van der Waals surface area contributed by atoms with Crippen molar-refractivity contribution in [3.05, 3.63) is 88.9 Å². The van der Waals surface area contributed by atoms with Gasteiger partial charge in [-0.05, 0) is 60.0 Å². The average Bonchev–Trinajstić information content (AvgIpc) is 2.85. The molecule has 0 aliphatic carbocycles. The van der Waals surface area contributed by atoms with Gasteiger partial charge in [0.1, 0.15) is 5.75 Å². The van der Waals surface area contributed by atoms with Gasteiger partial charge >= 0.3 is 11.8 Å². The second-order valence-corrected chi connectivity index (χ2v) is 7.46. The van der Waals surface area contributed by atoms with E-state index >= 15 is 0 Å². The number of benzene rings is 3. The van der Waals surface area contributed by atoms with E-state index < -0.39 is 11.8 Å². The van der Waals surface area contributed by atoms with Gasteiger partial charge in [0.2, 0.25) is 0 Å². The molecule has 0 radical (unpaired) electrons. The molecule has 0 atom stereocenters. The van der Waals surface area contributed by atoms with Crippen LogP contribution in [0.25, 0.3) is 0 Å².